The lowest BCUT2D eigenvalue weighted by Gasteiger charge is -2.31. The number of sulfonamides is 1. The smallest absolute Gasteiger partial charge is 0.267 e. The molecule has 1 amide bonds. The van der Waals surface area contributed by atoms with Gasteiger partial charge in [0.1, 0.15) is 11.4 Å². The molecule has 2 aromatic rings. The zero-order valence-corrected chi connectivity index (χ0v) is 15.2. The van der Waals surface area contributed by atoms with Gasteiger partial charge < -0.3 is 15.0 Å². The molecule has 7 nitrogen and oxygen atoms in total. The number of aromatic nitrogens is 1. The van der Waals surface area contributed by atoms with Crippen molar-refractivity contribution in [1.29, 1.82) is 0 Å². The monoisotopic (exact) mass is 365 g/mol. The molecule has 25 heavy (non-hydrogen) atoms. The lowest BCUT2D eigenvalue weighted by atomic mass is 10.1. The van der Waals surface area contributed by atoms with Crippen molar-refractivity contribution in [3.63, 3.8) is 0 Å². The number of benzene rings is 1. The van der Waals surface area contributed by atoms with Gasteiger partial charge in [0.2, 0.25) is 10.0 Å². The third-order valence-electron chi connectivity index (χ3n) is 4.34. The molecule has 1 atom stereocenters. The Hall–Kier alpha value is -2.06. The molecule has 8 heteroatoms. The summed E-state index contributed by atoms with van der Waals surface area (Å²) in [6, 6.07) is 7.24. The highest BCUT2D eigenvalue weighted by Gasteiger charge is 2.27. The summed E-state index contributed by atoms with van der Waals surface area (Å²) >= 11 is 0. The van der Waals surface area contributed by atoms with Gasteiger partial charge in [0.15, 0.2) is 0 Å². The Morgan fingerprint density at radius 2 is 2.20 bits per heavy atom. The molecular weight excluding hydrogens is 342 g/mol. The van der Waals surface area contributed by atoms with Crippen molar-refractivity contribution in [3.8, 4) is 5.75 Å². The first-order valence-corrected chi connectivity index (χ1v) is 10.2. The molecule has 0 bridgehead atoms. The number of ether oxygens (including phenoxy) is 1. The van der Waals surface area contributed by atoms with Gasteiger partial charge in [-0.15, -0.1) is 0 Å². The first kappa shape index (κ1) is 17.8. The average molecular weight is 365 g/mol. The number of carbonyl (C=O) groups excluding carboxylic acids is 1. The summed E-state index contributed by atoms with van der Waals surface area (Å²) in [6.45, 7) is 3.33. The number of amides is 1. The van der Waals surface area contributed by atoms with Gasteiger partial charge in [-0.2, -0.15) is 0 Å². The van der Waals surface area contributed by atoms with Crippen LogP contribution in [0.15, 0.2) is 24.3 Å². The van der Waals surface area contributed by atoms with E-state index in [1.165, 1.54) is 10.6 Å². The molecule has 0 saturated carbocycles. The van der Waals surface area contributed by atoms with E-state index in [1.54, 1.807) is 6.07 Å². The molecule has 1 aromatic carbocycles. The third-order valence-corrected chi connectivity index (χ3v) is 5.61. The fourth-order valence-corrected chi connectivity index (χ4v) is 4.02. The first-order chi connectivity index (χ1) is 11.9. The van der Waals surface area contributed by atoms with Gasteiger partial charge in [0, 0.05) is 36.1 Å². The summed E-state index contributed by atoms with van der Waals surface area (Å²) < 4.78 is 30.3. The molecule has 0 aliphatic carbocycles. The predicted molar refractivity (Wildman–Crippen MR) is 96.4 cm³/mol. The number of rotatable bonds is 5. The number of H-pyrrole nitrogens is 1. The SMILES string of the molecule is CCOc1ccc2cc(C(=O)NC3CCCN(S(C)(=O)=O)C3)[nH]c2c1. The zero-order valence-electron chi connectivity index (χ0n) is 14.4. The van der Waals surface area contributed by atoms with Gasteiger partial charge in [-0.3, -0.25) is 4.79 Å². The Kier molecular flexibility index (Phi) is 5.01. The largest absolute Gasteiger partial charge is 0.494 e. The van der Waals surface area contributed by atoms with Gasteiger partial charge >= 0.3 is 0 Å². The van der Waals surface area contributed by atoms with Gasteiger partial charge in [-0.05, 0) is 38.0 Å². The van der Waals surface area contributed by atoms with E-state index >= 15 is 0 Å². The molecule has 1 aromatic heterocycles. The van der Waals surface area contributed by atoms with Gasteiger partial charge in [-0.1, -0.05) is 0 Å². The Morgan fingerprint density at radius 3 is 2.92 bits per heavy atom. The molecule has 0 radical (unpaired) electrons. The summed E-state index contributed by atoms with van der Waals surface area (Å²) in [4.78, 5) is 15.6. The normalized spacial score (nSPS) is 19.0. The van der Waals surface area contributed by atoms with Crippen molar-refractivity contribution in [2.45, 2.75) is 25.8 Å². The van der Waals surface area contributed by atoms with Crippen molar-refractivity contribution in [1.82, 2.24) is 14.6 Å². The minimum atomic E-state index is -3.23. The van der Waals surface area contributed by atoms with Crippen LogP contribution in [-0.2, 0) is 10.0 Å². The average Bonchev–Trinajstić information content (AvgIpc) is 2.98. The number of nitrogens with one attached hydrogen (secondary N) is 2. The van der Waals surface area contributed by atoms with Crippen molar-refractivity contribution >= 4 is 26.8 Å². The maximum atomic E-state index is 12.5. The molecule has 3 rings (SSSR count). The molecule has 1 fully saturated rings. The van der Waals surface area contributed by atoms with Crippen LogP contribution < -0.4 is 10.1 Å². The van der Waals surface area contributed by atoms with Crippen molar-refractivity contribution in [3.05, 3.63) is 30.0 Å². The van der Waals surface area contributed by atoms with Crippen LogP contribution in [-0.4, -0.2) is 55.6 Å². The lowest BCUT2D eigenvalue weighted by Crippen LogP contribution is -2.49. The highest BCUT2D eigenvalue weighted by atomic mass is 32.2. The van der Waals surface area contributed by atoms with E-state index in [4.69, 9.17) is 4.74 Å². The Labute approximate surface area is 147 Å². The molecule has 1 aliphatic heterocycles. The Balaban J connectivity index is 1.71. The van der Waals surface area contributed by atoms with Crippen LogP contribution in [0.4, 0.5) is 0 Å². The molecule has 136 valence electrons. The highest BCUT2D eigenvalue weighted by molar-refractivity contribution is 7.88. The minimum absolute atomic E-state index is 0.179. The van der Waals surface area contributed by atoms with Crippen LogP contribution in [0.25, 0.3) is 10.9 Å². The van der Waals surface area contributed by atoms with Crippen LogP contribution in [0.1, 0.15) is 30.3 Å². The first-order valence-electron chi connectivity index (χ1n) is 8.38. The predicted octanol–water partition coefficient (Wildman–Crippen LogP) is 1.72. The van der Waals surface area contributed by atoms with Gasteiger partial charge in [0.05, 0.1) is 12.9 Å². The Bertz CT molecular complexity index is 875. The minimum Gasteiger partial charge on any atom is -0.494 e. The van der Waals surface area contributed by atoms with E-state index in [1.807, 2.05) is 25.1 Å². The second-order valence-electron chi connectivity index (χ2n) is 6.30. The van der Waals surface area contributed by atoms with E-state index in [2.05, 4.69) is 10.3 Å². The number of aromatic amines is 1. The highest BCUT2D eigenvalue weighted by Crippen LogP contribution is 2.22. The van der Waals surface area contributed by atoms with E-state index in [0.29, 0.717) is 25.4 Å². The molecule has 1 saturated heterocycles. The van der Waals surface area contributed by atoms with E-state index in [0.717, 1.165) is 29.5 Å². The topological polar surface area (TPSA) is 91.5 Å². The molecule has 2 N–H and O–H groups in total. The van der Waals surface area contributed by atoms with E-state index in [9.17, 15) is 13.2 Å². The number of carbonyl (C=O) groups is 1. The summed E-state index contributed by atoms with van der Waals surface area (Å²) in [7, 11) is -3.23. The summed E-state index contributed by atoms with van der Waals surface area (Å²) in [5.41, 5.74) is 1.29. The zero-order chi connectivity index (χ0) is 18.0. The summed E-state index contributed by atoms with van der Waals surface area (Å²) in [6.07, 6.45) is 2.71. The van der Waals surface area contributed by atoms with Crippen molar-refractivity contribution in [2.24, 2.45) is 0 Å². The van der Waals surface area contributed by atoms with Crippen LogP contribution >= 0.6 is 0 Å². The maximum absolute atomic E-state index is 12.5. The van der Waals surface area contributed by atoms with Crippen LogP contribution in [0.3, 0.4) is 0 Å². The number of piperidine rings is 1. The fraction of sp³-hybridized carbons (Fsp3) is 0.471. The number of fused-ring (bicyclic) bond motifs is 1. The molecule has 1 unspecified atom stereocenters. The molecular formula is C17H23N3O4S. The standard InChI is InChI=1S/C17H23N3O4S/c1-3-24-14-7-6-12-9-16(19-15(12)10-14)17(21)18-13-5-4-8-20(11-13)25(2,22)23/h6-7,9-10,13,19H,3-5,8,11H2,1-2H3,(H,18,21). The molecule has 1 aliphatic rings. The number of hydrogen-bond donors (Lipinski definition) is 2. The summed E-state index contributed by atoms with van der Waals surface area (Å²) in [5, 5.41) is 3.86. The van der Waals surface area contributed by atoms with Crippen LogP contribution in [0.2, 0.25) is 0 Å². The van der Waals surface area contributed by atoms with E-state index < -0.39 is 10.0 Å². The second kappa shape index (κ2) is 7.05. The quantitative estimate of drug-likeness (QED) is 0.844. The number of nitrogens with zero attached hydrogens (tertiary/aromatic N) is 1. The van der Waals surface area contributed by atoms with Crippen LogP contribution in [0, 0.1) is 0 Å². The van der Waals surface area contributed by atoms with Crippen LogP contribution in [0.5, 0.6) is 5.75 Å². The number of hydrogen-bond acceptors (Lipinski definition) is 4. The summed E-state index contributed by atoms with van der Waals surface area (Å²) in [5.74, 6) is 0.523. The van der Waals surface area contributed by atoms with Crippen molar-refractivity contribution < 1.29 is 17.9 Å². The molecule has 0 spiro atoms. The third kappa shape index (κ3) is 4.13. The molecule has 2 heterocycles. The maximum Gasteiger partial charge on any atom is 0.267 e. The lowest BCUT2D eigenvalue weighted by molar-refractivity contribution is 0.0917. The Morgan fingerprint density at radius 1 is 1.40 bits per heavy atom. The van der Waals surface area contributed by atoms with E-state index in [-0.39, 0.29) is 11.9 Å². The second-order valence-corrected chi connectivity index (χ2v) is 8.28. The van der Waals surface area contributed by atoms with Gasteiger partial charge in [0.25, 0.3) is 5.91 Å². The van der Waals surface area contributed by atoms with Crippen molar-refractivity contribution in [2.75, 3.05) is 26.0 Å². The fourth-order valence-electron chi connectivity index (χ4n) is 3.11. The van der Waals surface area contributed by atoms with Gasteiger partial charge in [-0.25, -0.2) is 12.7 Å².